The molecule has 8 heteroatoms. The van der Waals surface area contributed by atoms with E-state index in [1.54, 1.807) is 6.20 Å². The summed E-state index contributed by atoms with van der Waals surface area (Å²) in [6, 6.07) is 5.95. The van der Waals surface area contributed by atoms with E-state index in [4.69, 9.17) is 4.74 Å². The molecule has 8 nitrogen and oxygen atoms in total. The predicted molar refractivity (Wildman–Crippen MR) is 125 cm³/mol. The smallest absolute Gasteiger partial charge is 0.274 e. The molecule has 1 aliphatic carbocycles. The molecule has 0 radical (unpaired) electrons. The topological polar surface area (TPSA) is 89.4 Å². The van der Waals surface area contributed by atoms with Crippen molar-refractivity contribution in [3.8, 4) is 5.88 Å². The number of piperidine rings is 1. The van der Waals surface area contributed by atoms with Crippen molar-refractivity contribution in [2.45, 2.75) is 77.5 Å². The van der Waals surface area contributed by atoms with Crippen molar-refractivity contribution in [3.63, 3.8) is 0 Å². The molecule has 3 heterocycles. The molecule has 33 heavy (non-hydrogen) atoms. The van der Waals surface area contributed by atoms with Crippen molar-refractivity contribution in [2.75, 3.05) is 13.1 Å². The van der Waals surface area contributed by atoms with Crippen molar-refractivity contribution in [3.05, 3.63) is 41.9 Å². The van der Waals surface area contributed by atoms with Gasteiger partial charge in [-0.25, -0.2) is 4.98 Å². The number of hydrogen-bond donors (Lipinski definition) is 1. The molecule has 0 spiro atoms. The van der Waals surface area contributed by atoms with Crippen LogP contribution in [0.3, 0.4) is 0 Å². The highest BCUT2D eigenvalue weighted by Gasteiger charge is 2.26. The molecule has 4 rings (SSSR count). The Morgan fingerprint density at radius 3 is 2.58 bits per heavy atom. The monoisotopic (exact) mass is 453 g/mol. The van der Waals surface area contributed by atoms with Gasteiger partial charge in [0.05, 0.1) is 0 Å². The van der Waals surface area contributed by atoms with Crippen LogP contribution in [0.2, 0.25) is 0 Å². The van der Waals surface area contributed by atoms with Crippen molar-refractivity contribution < 1.29 is 14.3 Å². The third-order valence-corrected chi connectivity index (χ3v) is 6.85. The van der Waals surface area contributed by atoms with Crippen LogP contribution in [0.4, 0.5) is 0 Å². The highest BCUT2D eigenvalue weighted by molar-refractivity contribution is 5.92. The fourth-order valence-corrected chi connectivity index (χ4v) is 4.88. The molecule has 1 N–H and O–H groups in total. The van der Waals surface area contributed by atoms with Gasteiger partial charge < -0.3 is 15.0 Å². The Labute approximate surface area is 195 Å². The molecule has 2 fully saturated rings. The van der Waals surface area contributed by atoms with Gasteiger partial charge >= 0.3 is 0 Å². The first-order chi connectivity index (χ1) is 16.0. The van der Waals surface area contributed by atoms with Crippen LogP contribution in [-0.2, 0) is 11.3 Å². The SMILES string of the molecule is CC(=O)NC1CCN(C(=O)c2ccn(CCC3CCC(Oc4ncccc4C)CC3)n2)CC1. The molecule has 1 aliphatic heterocycles. The molecule has 1 saturated carbocycles. The van der Waals surface area contributed by atoms with Crippen LogP contribution in [0.25, 0.3) is 0 Å². The Morgan fingerprint density at radius 2 is 1.88 bits per heavy atom. The molecule has 178 valence electrons. The Hall–Kier alpha value is -2.90. The Kier molecular flexibility index (Phi) is 7.62. The fraction of sp³-hybridized carbons (Fsp3) is 0.600. The first-order valence-electron chi connectivity index (χ1n) is 12.2. The number of aryl methyl sites for hydroxylation is 2. The summed E-state index contributed by atoms with van der Waals surface area (Å²) in [4.78, 5) is 30.2. The number of amides is 2. The normalized spacial score (nSPS) is 21.6. The highest BCUT2D eigenvalue weighted by Crippen LogP contribution is 2.30. The van der Waals surface area contributed by atoms with Gasteiger partial charge in [0.25, 0.3) is 5.91 Å². The summed E-state index contributed by atoms with van der Waals surface area (Å²) in [5, 5.41) is 7.48. The second-order valence-corrected chi connectivity index (χ2v) is 9.41. The lowest BCUT2D eigenvalue weighted by atomic mass is 9.85. The van der Waals surface area contributed by atoms with Gasteiger partial charge in [-0.3, -0.25) is 14.3 Å². The summed E-state index contributed by atoms with van der Waals surface area (Å²) in [5.74, 6) is 1.39. The molecule has 0 unspecified atom stereocenters. The van der Waals surface area contributed by atoms with Crippen LogP contribution in [0.1, 0.15) is 67.9 Å². The van der Waals surface area contributed by atoms with Crippen molar-refractivity contribution in [2.24, 2.45) is 5.92 Å². The lowest BCUT2D eigenvalue weighted by Crippen LogP contribution is -2.46. The maximum Gasteiger partial charge on any atom is 0.274 e. The number of nitrogens with zero attached hydrogens (tertiary/aromatic N) is 4. The third-order valence-electron chi connectivity index (χ3n) is 6.85. The van der Waals surface area contributed by atoms with Crippen molar-refractivity contribution >= 4 is 11.8 Å². The average Bonchev–Trinajstić information content (AvgIpc) is 3.29. The minimum Gasteiger partial charge on any atom is -0.474 e. The van der Waals surface area contributed by atoms with E-state index in [9.17, 15) is 9.59 Å². The number of hydrogen-bond acceptors (Lipinski definition) is 5. The second kappa shape index (κ2) is 10.8. The lowest BCUT2D eigenvalue weighted by Gasteiger charge is -2.31. The molecule has 2 aliphatic rings. The Bertz CT molecular complexity index is 943. The summed E-state index contributed by atoms with van der Waals surface area (Å²) < 4.78 is 8.02. The molecule has 0 atom stereocenters. The van der Waals surface area contributed by atoms with E-state index >= 15 is 0 Å². The van der Waals surface area contributed by atoms with Crippen LogP contribution < -0.4 is 10.1 Å². The molecular weight excluding hydrogens is 418 g/mol. The van der Waals surface area contributed by atoms with E-state index in [1.807, 2.05) is 40.9 Å². The first-order valence-corrected chi connectivity index (χ1v) is 12.2. The van der Waals surface area contributed by atoms with Crippen molar-refractivity contribution in [1.29, 1.82) is 0 Å². The highest BCUT2D eigenvalue weighted by atomic mass is 16.5. The molecular formula is C25H35N5O3. The summed E-state index contributed by atoms with van der Waals surface area (Å²) in [5.41, 5.74) is 1.59. The summed E-state index contributed by atoms with van der Waals surface area (Å²) in [7, 11) is 0. The quantitative estimate of drug-likeness (QED) is 0.694. The second-order valence-electron chi connectivity index (χ2n) is 9.41. The molecule has 2 amide bonds. The third kappa shape index (κ3) is 6.33. The zero-order valence-corrected chi connectivity index (χ0v) is 19.7. The van der Waals surface area contributed by atoms with Gasteiger partial charge in [-0.15, -0.1) is 0 Å². The Balaban J connectivity index is 1.19. The van der Waals surface area contributed by atoms with E-state index in [1.165, 1.54) is 6.92 Å². The molecule has 0 aromatic carbocycles. The number of ether oxygens (including phenoxy) is 1. The number of carbonyl (C=O) groups excluding carboxylic acids is 2. The maximum absolute atomic E-state index is 12.8. The Morgan fingerprint density at radius 1 is 1.12 bits per heavy atom. The zero-order valence-electron chi connectivity index (χ0n) is 19.7. The molecule has 0 bridgehead atoms. The van der Waals surface area contributed by atoms with Gasteiger partial charge in [-0.1, -0.05) is 6.07 Å². The number of nitrogens with one attached hydrogen (secondary N) is 1. The van der Waals surface area contributed by atoms with E-state index in [0.717, 1.165) is 62.9 Å². The average molecular weight is 454 g/mol. The van der Waals surface area contributed by atoms with Gasteiger partial charge in [0, 0.05) is 50.6 Å². The van der Waals surface area contributed by atoms with E-state index in [2.05, 4.69) is 15.4 Å². The zero-order chi connectivity index (χ0) is 23.2. The van der Waals surface area contributed by atoms with Crippen LogP contribution in [0.15, 0.2) is 30.6 Å². The van der Waals surface area contributed by atoms with Crippen LogP contribution in [0.5, 0.6) is 5.88 Å². The first kappa shape index (κ1) is 23.3. The predicted octanol–water partition coefficient (Wildman–Crippen LogP) is 3.36. The fourth-order valence-electron chi connectivity index (χ4n) is 4.88. The largest absolute Gasteiger partial charge is 0.474 e. The number of rotatable bonds is 7. The van der Waals surface area contributed by atoms with E-state index < -0.39 is 0 Å². The summed E-state index contributed by atoms with van der Waals surface area (Å²) >= 11 is 0. The van der Waals surface area contributed by atoms with Gasteiger partial charge in [-0.2, -0.15) is 5.10 Å². The molecule has 2 aromatic rings. The minimum atomic E-state index is -0.0162. The van der Waals surface area contributed by atoms with Crippen LogP contribution in [-0.4, -0.2) is 56.7 Å². The maximum atomic E-state index is 12.8. The van der Waals surface area contributed by atoms with Crippen LogP contribution >= 0.6 is 0 Å². The van der Waals surface area contributed by atoms with Crippen LogP contribution in [0, 0.1) is 12.8 Å². The van der Waals surface area contributed by atoms with Gasteiger partial charge in [0.2, 0.25) is 11.8 Å². The number of pyridine rings is 1. The summed E-state index contributed by atoms with van der Waals surface area (Å²) in [6.07, 6.45) is 11.0. The number of aromatic nitrogens is 3. The molecule has 1 saturated heterocycles. The number of carbonyl (C=O) groups is 2. The van der Waals surface area contributed by atoms with Gasteiger partial charge in [-0.05, 0) is 69.9 Å². The van der Waals surface area contributed by atoms with Gasteiger partial charge in [0.1, 0.15) is 11.8 Å². The van der Waals surface area contributed by atoms with Crippen molar-refractivity contribution in [1.82, 2.24) is 25.0 Å². The number of likely N-dealkylation sites (tertiary alicyclic amines) is 1. The standard InChI is InChI=1S/C25H35N5O3/c1-18-4-3-13-26-24(18)33-22-7-5-20(6-8-22)9-16-30-17-12-23(28-30)25(32)29-14-10-21(11-15-29)27-19(2)31/h3-4,12-13,17,20-22H,5-11,14-16H2,1-2H3,(H,27,31). The molecule has 2 aromatic heterocycles. The van der Waals surface area contributed by atoms with E-state index in [-0.39, 0.29) is 24.0 Å². The lowest BCUT2D eigenvalue weighted by molar-refractivity contribution is -0.119. The minimum absolute atomic E-state index is 0.0113. The van der Waals surface area contributed by atoms with E-state index in [0.29, 0.717) is 24.7 Å². The van der Waals surface area contributed by atoms with Gasteiger partial charge in [0.15, 0.2) is 0 Å². The summed E-state index contributed by atoms with van der Waals surface area (Å²) in [6.45, 7) is 5.70.